The molecule has 2 aromatic carbocycles. The molecule has 1 aliphatic heterocycles. The van der Waals surface area contributed by atoms with Crippen LogP contribution < -0.4 is 5.32 Å². The van der Waals surface area contributed by atoms with E-state index in [0.29, 0.717) is 28.7 Å². The van der Waals surface area contributed by atoms with E-state index in [4.69, 9.17) is 11.6 Å². The Morgan fingerprint density at radius 3 is 2.79 bits per heavy atom. The van der Waals surface area contributed by atoms with E-state index in [-0.39, 0.29) is 10.8 Å². The van der Waals surface area contributed by atoms with Gasteiger partial charge in [-0.25, -0.2) is 0 Å². The number of aromatic nitrogens is 1. The minimum Gasteiger partial charge on any atom is -0.362 e. The van der Waals surface area contributed by atoms with Crippen LogP contribution in [0.3, 0.4) is 0 Å². The number of halogens is 1. The quantitative estimate of drug-likeness (QED) is 0.656. The number of amides is 1. The van der Waals surface area contributed by atoms with Gasteiger partial charge in [0.2, 0.25) is 0 Å². The summed E-state index contributed by atoms with van der Waals surface area (Å²) in [6.07, 6.45) is 1.52. The second-order valence-corrected chi connectivity index (χ2v) is 8.94. The van der Waals surface area contributed by atoms with E-state index in [2.05, 4.69) is 14.7 Å². The number of hydrogen-bond acceptors (Lipinski definition) is 3. The highest BCUT2D eigenvalue weighted by molar-refractivity contribution is 7.90. The molecule has 4 rings (SSSR count). The average molecular weight is 431 g/mol. The lowest BCUT2D eigenvalue weighted by Gasteiger charge is -2.11. The smallest absolute Gasteiger partial charge is 0.284 e. The van der Waals surface area contributed by atoms with Crippen LogP contribution in [0.15, 0.2) is 57.8 Å². The standard InChI is InChI=1S/C20H19ClN4O3S/c1-25-9-3-6-19(25)24-29(27,28)16-5-2-4-15(12-16)22-20(26)18-11-13-10-14(21)7-8-17(13)23-18/h2,4-5,7-8,10-12,23H,3,6,9H2,1H3,(H,22,26)/b24-19+. The van der Waals surface area contributed by atoms with E-state index in [1.54, 1.807) is 36.4 Å². The van der Waals surface area contributed by atoms with Gasteiger partial charge in [-0.2, -0.15) is 8.42 Å². The Bertz CT molecular complexity index is 1230. The molecule has 3 aromatic rings. The number of fused-ring (bicyclic) bond motifs is 1. The van der Waals surface area contributed by atoms with Crippen molar-refractivity contribution in [2.75, 3.05) is 18.9 Å². The van der Waals surface area contributed by atoms with E-state index in [1.807, 2.05) is 11.9 Å². The fraction of sp³-hybridized carbons (Fsp3) is 0.200. The molecule has 9 heteroatoms. The number of aromatic amines is 1. The fourth-order valence-corrected chi connectivity index (χ4v) is 4.58. The summed E-state index contributed by atoms with van der Waals surface area (Å²) in [5.41, 5.74) is 1.50. The summed E-state index contributed by atoms with van der Waals surface area (Å²) in [5, 5.41) is 4.12. The zero-order valence-electron chi connectivity index (χ0n) is 15.6. The number of rotatable bonds is 4. The number of nitrogens with one attached hydrogen (secondary N) is 2. The maximum absolute atomic E-state index is 12.6. The predicted octanol–water partition coefficient (Wildman–Crippen LogP) is 3.89. The van der Waals surface area contributed by atoms with Gasteiger partial charge in [0.1, 0.15) is 11.5 Å². The lowest BCUT2D eigenvalue weighted by atomic mass is 10.2. The van der Waals surface area contributed by atoms with Crippen LogP contribution in [0.4, 0.5) is 5.69 Å². The van der Waals surface area contributed by atoms with Gasteiger partial charge < -0.3 is 15.2 Å². The minimum absolute atomic E-state index is 0.0338. The van der Waals surface area contributed by atoms with Crippen molar-refractivity contribution in [3.8, 4) is 0 Å². The van der Waals surface area contributed by atoms with Gasteiger partial charge >= 0.3 is 0 Å². The summed E-state index contributed by atoms with van der Waals surface area (Å²) in [7, 11) is -2.03. The predicted molar refractivity (Wildman–Crippen MR) is 114 cm³/mol. The maximum atomic E-state index is 12.6. The molecule has 1 aliphatic rings. The van der Waals surface area contributed by atoms with Gasteiger partial charge in [0.25, 0.3) is 15.9 Å². The fourth-order valence-electron chi connectivity index (χ4n) is 3.26. The molecule has 0 bridgehead atoms. The number of nitrogens with zero attached hydrogens (tertiary/aromatic N) is 2. The largest absolute Gasteiger partial charge is 0.362 e. The van der Waals surface area contributed by atoms with Crippen LogP contribution in [0, 0.1) is 0 Å². The van der Waals surface area contributed by atoms with Crippen LogP contribution in [0.5, 0.6) is 0 Å². The molecule has 1 fully saturated rings. The number of carbonyl (C=O) groups excluding carboxylic acids is 1. The molecule has 0 radical (unpaired) electrons. The number of H-pyrrole nitrogens is 1. The lowest BCUT2D eigenvalue weighted by molar-refractivity contribution is 0.102. The number of sulfonamides is 1. The van der Waals surface area contributed by atoms with Crippen molar-refractivity contribution >= 4 is 50.0 Å². The van der Waals surface area contributed by atoms with Gasteiger partial charge in [0, 0.05) is 41.6 Å². The van der Waals surface area contributed by atoms with Crippen LogP contribution in [-0.2, 0) is 10.0 Å². The molecule has 0 spiro atoms. The first-order chi connectivity index (χ1) is 13.8. The lowest BCUT2D eigenvalue weighted by Crippen LogP contribution is -2.20. The molecule has 150 valence electrons. The highest BCUT2D eigenvalue weighted by Gasteiger charge is 2.21. The van der Waals surface area contributed by atoms with Gasteiger partial charge in [0.15, 0.2) is 0 Å². The molecule has 29 heavy (non-hydrogen) atoms. The summed E-state index contributed by atoms with van der Waals surface area (Å²) in [4.78, 5) is 17.5. The molecule has 7 nitrogen and oxygen atoms in total. The number of carbonyl (C=O) groups is 1. The number of amidine groups is 1. The van der Waals surface area contributed by atoms with Gasteiger partial charge in [-0.1, -0.05) is 17.7 Å². The Balaban J connectivity index is 1.57. The third-order valence-corrected chi connectivity index (χ3v) is 6.31. The molecule has 2 N–H and O–H groups in total. The molecule has 0 unspecified atom stereocenters. The molecular formula is C20H19ClN4O3S. The van der Waals surface area contributed by atoms with Crippen molar-refractivity contribution in [1.29, 1.82) is 0 Å². The first-order valence-corrected chi connectivity index (χ1v) is 10.9. The Morgan fingerprint density at radius 2 is 2.03 bits per heavy atom. The second kappa shape index (κ2) is 7.53. The van der Waals surface area contributed by atoms with E-state index in [9.17, 15) is 13.2 Å². The van der Waals surface area contributed by atoms with Gasteiger partial charge in [-0.3, -0.25) is 4.79 Å². The highest BCUT2D eigenvalue weighted by atomic mass is 35.5. The molecular weight excluding hydrogens is 412 g/mol. The summed E-state index contributed by atoms with van der Waals surface area (Å²) >= 11 is 5.98. The van der Waals surface area contributed by atoms with Crippen molar-refractivity contribution < 1.29 is 13.2 Å². The molecule has 0 saturated carbocycles. The number of anilines is 1. The van der Waals surface area contributed by atoms with Crippen LogP contribution in [0.2, 0.25) is 5.02 Å². The van der Waals surface area contributed by atoms with Gasteiger partial charge in [-0.05, 0) is 48.9 Å². The monoisotopic (exact) mass is 430 g/mol. The van der Waals surface area contributed by atoms with Crippen LogP contribution in [0.1, 0.15) is 23.3 Å². The molecule has 0 atom stereocenters. The Kier molecular flexibility index (Phi) is 5.06. The number of likely N-dealkylation sites (tertiary alicyclic amines) is 1. The van der Waals surface area contributed by atoms with E-state index in [0.717, 1.165) is 23.9 Å². The summed E-state index contributed by atoms with van der Waals surface area (Å²) in [6, 6.07) is 13.1. The van der Waals surface area contributed by atoms with Gasteiger partial charge in [0.05, 0.1) is 4.90 Å². The molecule has 1 aromatic heterocycles. The third-order valence-electron chi connectivity index (χ3n) is 4.78. The van der Waals surface area contributed by atoms with Crippen LogP contribution >= 0.6 is 11.6 Å². The van der Waals surface area contributed by atoms with Gasteiger partial charge in [-0.15, -0.1) is 4.40 Å². The first-order valence-electron chi connectivity index (χ1n) is 9.06. The summed E-state index contributed by atoms with van der Waals surface area (Å²) in [5.74, 6) is 0.171. The number of hydrogen-bond donors (Lipinski definition) is 2. The first kappa shape index (κ1) is 19.5. The molecule has 1 saturated heterocycles. The third kappa shape index (κ3) is 4.13. The van der Waals surface area contributed by atoms with Crippen molar-refractivity contribution in [3.05, 3.63) is 59.2 Å². The topological polar surface area (TPSA) is 94.6 Å². The highest BCUT2D eigenvalue weighted by Crippen LogP contribution is 2.23. The van der Waals surface area contributed by atoms with Crippen molar-refractivity contribution in [3.63, 3.8) is 0 Å². The van der Waals surface area contributed by atoms with E-state index < -0.39 is 10.0 Å². The Labute approximate surface area is 173 Å². The van der Waals surface area contributed by atoms with E-state index in [1.165, 1.54) is 12.1 Å². The Hall–Kier alpha value is -2.84. The average Bonchev–Trinajstić information content (AvgIpc) is 3.27. The Morgan fingerprint density at radius 1 is 1.21 bits per heavy atom. The zero-order chi connectivity index (χ0) is 20.6. The molecule has 1 amide bonds. The number of benzene rings is 2. The van der Waals surface area contributed by atoms with Crippen molar-refractivity contribution in [2.24, 2.45) is 4.40 Å². The maximum Gasteiger partial charge on any atom is 0.284 e. The minimum atomic E-state index is -3.85. The zero-order valence-corrected chi connectivity index (χ0v) is 17.2. The van der Waals surface area contributed by atoms with Crippen molar-refractivity contribution in [2.45, 2.75) is 17.7 Å². The van der Waals surface area contributed by atoms with Crippen LogP contribution in [0.25, 0.3) is 10.9 Å². The van der Waals surface area contributed by atoms with Crippen LogP contribution in [-0.4, -0.2) is 43.6 Å². The second-order valence-electron chi connectivity index (χ2n) is 6.90. The summed E-state index contributed by atoms with van der Waals surface area (Å²) in [6.45, 7) is 0.792. The molecule has 0 aliphatic carbocycles. The van der Waals surface area contributed by atoms with E-state index >= 15 is 0 Å². The normalized spacial score (nSPS) is 15.9. The summed E-state index contributed by atoms with van der Waals surface area (Å²) < 4.78 is 29.2. The van der Waals surface area contributed by atoms with Crippen molar-refractivity contribution in [1.82, 2.24) is 9.88 Å². The SMILES string of the molecule is CN1CCC/C1=N\S(=O)(=O)c1cccc(NC(=O)c2cc3cc(Cl)ccc3[nH]2)c1. The molecule has 2 heterocycles.